The number of likely N-dealkylation sites (N-methyl/N-ethyl adjacent to an activating group) is 1. The van der Waals surface area contributed by atoms with E-state index in [4.69, 9.17) is 0 Å². The lowest BCUT2D eigenvalue weighted by Crippen LogP contribution is -2.41. The molecule has 1 aliphatic rings. The van der Waals surface area contributed by atoms with Gasteiger partial charge in [0.2, 0.25) is 0 Å². The van der Waals surface area contributed by atoms with Gasteiger partial charge in [0.1, 0.15) is 11.6 Å². The highest BCUT2D eigenvalue weighted by Crippen LogP contribution is 2.08. The topological polar surface area (TPSA) is 18.8 Å². The Balaban J connectivity index is 2.00. The molecule has 1 aliphatic heterocycles. The van der Waals surface area contributed by atoms with Crippen LogP contribution < -0.4 is 0 Å². The zero-order valence-electron chi connectivity index (χ0n) is 9.74. The third-order valence-electron chi connectivity index (χ3n) is 2.80. The molecule has 0 N–H and O–H groups in total. The lowest BCUT2D eigenvalue weighted by Gasteiger charge is -2.30. The summed E-state index contributed by atoms with van der Waals surface area (Å²) in [7, 11) is 2.06. The molecule has 92 valence electrons. The Kier molecular flexibility index (Phi) is 3.68. The van der Waals surface area contributed by atoms with Crippen LogP contribution in [-0.2, 0) is 0 Å². The highest BCUT2D eigenvalue weighted by molar-refractivity contribution is 5.79. The first-order valence-electron chi connectivity index (χ1n) is 5.57. The largest absolute Gasteiger partial charge is 0.303 e. The van der Waals surface area contributed by atoms with Crippen LogP contribution in [0.2, 0.25) is 0 Å². The van der Waals surface area contributed by atoms with Gasteiger partial charge in [-0.15, -0.1) is 0 Å². The van der Waals surface area contributed by atoms with E-state index in [1.54, 1.807) is 0 Å². The van der Waals surface area contributed by atoms with Crippen LogP contribution in [0.3, 0.4) is 0 Å². The fraction of sp³-hybridized carbons (Fsp3) is 0.417. The molecule has 1 aromatic carbocycles. The molecule has 2 rings (SSSR count). The Bertz CT molecular complexity index is 412. The Hall–Kier alpha value is -1.49. The van der Waals surface area contributed by atoms with Crippen LogP contribution in [0.1, 0.15) is 5.56 Å². The predicted octanol–water partition coefficient (Wildman–Crippen LogP) is 1.55. The Morgan fingerprint density at radius 1 is 1.18 bits per heavy atom. The standard InChI is InChI=1S/C12H15F2N3/c1-16-4-6-17(7-5-16)15-9-10-2-3-11(13)8-12(10)14/h2-3,8-9H,4-7H2,1H3/b15-9+. The van der Waals surface area contributed by atoms with Crippen molar-refractivity contribution in [2.45, 2.75) is 0 Å². The molecule has 3 nitrogen and oxygen atoms in total. The lowest BCUT2D eigenvalue weighted by molar-refractivity contribution is 0.159. The third kappa shape index (κ3) is 3.23. The van der Waals surface area contributed by atoms with Gasteiger partial charge < -0.3 is 4.90 Å². The number of nitrogens with zero attached hydrogens (tertiary/aromatic N) is 3. The number of halogens is 2. The van der Waals surface area contributed by atoms with E-state index >= 15 is 0 Å². The minimum absolute atomic E-state index is 0.310. The van der Waals surface area contributed by atoms with Gasteiger partial charge in [-0.3, -0.25) is 5.01 Å². The second-order valence-corrected chi connectivity index (χ2v) is 4.17. The van der Waals surface area contributed by atoms with Crippen molar-refractivity contribution in [1.29, 1.82) is 0 Å². The molecule has 0 aromatic heterocycles. The van der Waals surface area contributed by atoms with E-state index in [1.165, 1.54) is 18.3 Å². The van der Waals surface area contributed by atoms with Crippen LogP contribution in [-0.4, -0.2) is 49.4 Å². The van der Waals surface area contributed by atoms with Crippen LogP contribution in [0, 0.1) is 11.6 Å². The zero-order valence-corrected chi connectivity index (χ0v) is 9.74. The SMILES string of the molecule is CN1CCN(/N=C/c2ccc(F)cc2F)CC1. The zero-order chi connectivity index (χ0) is 12.3. The first kappa shape index (κ1) is 12.0. The predicted molar refractivity (Wildman–Crippen MR) is 63.0 cm³/mol. The van der Waals surface area contributed by atoms with E-state index in [1.807, 2.05) is 5.01 Å². The summed E-state index contributed by atoms with van der Waals surface area (Å²) in [5, 5.41) is 6.09. The van der Waals surface area contributed by atoms with E-state index in [-0.39, 0.29) is 0 Å². The molecule has 0 saturated carbocycles. The summed E-state index contributed by atoms with van der Waals surface area (Å²) in [6, 6.07) is 3.49. The average molecular weight is 239 g/mol. The first-order chi connectivity index (χ1) is 8.15. The van der Waals surface area contributed by atoms with Crippen molar-refractivity contribution in [3.05, 3.63) is 35.4 Å². The second-order valence-electron chi connectivity index (χ2n) is 4.17. The number of hydrazone groups is 1. The maximum atomic E-state index is 13.3. The van der Waals surface area contributed by atoms with Crippen molar-refractivity contribution in [2.24, 2.45) is 5.10 Å². The third-order valence-corrected chi connectivity index (χ3v) is 2.80. The van der Waals surface area contributed by atoms with Gasteiger partial charge in [0, 0.05) is 37.8 Å². The van der Waals surface area contributed by atoms with Gasteiger partial charge in [0.25, 0.3) is 0 Å². The number of hydrogen-bond acceptors (Lipinski definition) is 3. The number of benzene rings is 1. The summed E-state index contributed by atoms with van der Waals surface area (Å²) in [6.45, 7) is 3.55. The maximum absolute atomic E-state index is 13.3. The monoisotopic (exact) mass is 239 g/mol. The molecule has 1 fully saturated rings. The molecule has 0 amide bonds. The van der Waals surface area contributed by atoms with Crippen molar-refractivity contribution in [2.75, 3.05) is 33.2 Å². The Morgan fingerprint density at radius 3 is 2.53 bits per heavy atom. The van der Waals surface area contributed by atoms with Gasteiger partial charge in [-0.1, -0.05) is 0 Å². The number of hydrogen-bond donors (Lipinski definition) is 0. The van der Waals surface area contributed by atoms with E-state index in [2.05, 4.69) is 17.0 Å². The van der Waals surface area contributed by atoms with Crippen molar-refractivity contribution < 1.29 is 8.78 Å². The lowest BCUT2D eigenvalue weighted by atomic mass is 10.2. The normalized spacial score (nSPS) is 17.9. The summed E-state index contributed by atoms with van der Waals surface area (Å²) in [5.74, 6) is -1.15. The summed E-state index contributed by atoms with van der Waals surface area (Å²) < 4.78 is 26.0. The smallest absolute Gasteiger partial charge is 0.134 e. The number of piperazine rings is 1. The van der Waals surface area contributed by atoms with Crippen LogP contribution in [0.15, 0.2) is 23.3 Å². The molecule has 1 heterocycles. The Morgan fingerprint density at radius 2 is 1.88 bits per heavy atom. The molecular weight excluding hydrogens is 224 g/mol. The Labute approximate surface area is 99.3 Å². The van der Waals surface area contributed by atoms with Crippen LogP contribution in [0.4, 0.5) is 8.78 Å². The van der Waals surface area contributed by atoms with Gasteiger partial charge in [-0.2, -0.15) is 5.10 Å². The quantitative estimate of drug-likeness (QED) is 0.729. The second kappa shape index (κ2) is 5.23. The highest BCUT2D eigenvalue weighted by atomic mass is 19.1. The van der Waals surface area contributed by atoms with E-state index in [0.29, 0.717) is 5.56 Å². The first-order valence-corrected chi connectivity index (χ1v) is 5.57. The molecule has 1 saturated heterocycles. The minimum Gasteiger partial charge on any atom is -0.303 e. The van der Waals surface area contributed by atoms with Gasteiger partial charge in [-0.25, -0.2) is 8.78 Å². The molecule has 5 heteroatoms. The molecule has 1 aromatic rings. The van der Waals surface area contributed by atoms with Crippen molar-refractivity contribution >= 4 is 6.21 Å². The highest BCUT2D eigenvalue weighted by Gasteiger charge is 2.11. The van der Waals surface area contributed by atoms with Gasteiger partial charge >= 0.3 is 0 Å². The molecule has 0 spiro atoms. The average Bonchev–Trinajstić information content (AvgIpc) is 2.30. The summed E-state index contributed by atoms with van der Waals surface area (Å²) in [5.41, 5.74) is 0.310. The molecule has 0 unspecified atom stereocenters. The molecule has 0 radical (unpaired) electrons. The summed E-state index contributed by atoms with van der Waals surface area (Å²) >= 11 is 0. The molecular formula is C12H15F2N3. The van der Waals surface area contributed by atoms with E-state index in [9.17, 15) is 8.78 Å². The van der Waals surface area contributed by atoms with Crippen molar-refractivity contribution in [3.63, 3.8) is 0 Å². The fourth-order valence-corrected chi connectivity index (χ4v) is 1.66. The van der Waals surface area contributed by atoms with Gasteiger partial charge in [0.05, 0.1) is 6.21 Å². The van der Waals surface area contributed by atoms with Crippen LogP contribution >= 0.6 is 0 Å². The van der Waals surface area contributed by atoms with Crippen molar-refractivity contribution in [3.8, 4) is 0 Å². The van der Waals surface area contributed by atoms with Crippen LogP contribution in [0.5, 0.6) is 0 Å². The van der Waals surface area contributed by atoms with Crippen molar-refractivity contribution in [1.82, 2.24) is 9.91 Å². The van der Waals surface area contributed by atoms with E-state index < -0.39 is 11.6 Å². The van der Waals surface area contributed by atoms with Gasteiger partial charge in [0.15, 0.2) is 0 Å². The summed E-state index contributed by atoms with van der Waals surface area (Å²) in [4.78, 5) is 2.21. The summed E-state index contributed by atoms with van der Waals surface area (Å²) in [6.07, 6.45) is 1.44. The van der Waals surface area contributed by atoms with Crippen LogP contribution in [0.25, 0.3) is 0 Å². The fourth-order valence-electron chi connectivity index (χ4n) is 1.66. The minimum atomic E-state index is -0.581. The molecule has 0 atom stereocenters. The maximum Gasteiger partial charge on any atom is 0.134 e. The van der Waals surface area contributed by atoms with E-state index in [0.717, 1.165) is 32.2 Å². The molecule has 17 heavy (non-hydrogen) atoms. The molecule has 0 aliphatic carbocycles. The number of rotatable bonds is 2. The van der Waals surface area contributed by atoms with Gasteiger partial charge in [-0.05, 0) is 19.2 Å². The molecule has 0 bridgehead atoms.